The van der Waals surface area contributed by atoms with Gasteiger partial charge in [0.05, 0.1) is 13.2 Å². The van der Waals surface area contributed by atoms with Crippen molar-refractivity contribution in [2.24, 2.45) is 5.73 Å². The van der Waals surface area contributed by atoms with Crippen LogP contribution in [0, 0.1) is 0 Å². The largest absolute Gasteiger partial charge is 0.472 e. The van der Waals surface area contributed by atoms with Crippen molar-refractivity contribution < 1.29 is 37.6 Å². The molecule has 1 unspecified atom stereocenters. The van der Waals surface area contributed by atoms with E-state index in [4.69, 9.17) is 24.3 Å². The Labute approximate surface area is 281 Å². The highest BCUT2D eigenvalue weighted by Crippen LogP contribution is 2.43. The lowest BCUT2D eigenvalue weighted by Gasteiger charge is -2.19. The standard InChI is InChI=1S/C36H70NO8P/c1-3-5-7-9-11-13-15-16-17-18-19-21-22-24-26-28-35(38)42-32-34(33-44-46(40,41)43-31-30-37)45-36(39)29-27-25-23-20-14-12-10-8-6-4-2/h8,10,34H,3-7,9,11-33,37H2,1-2H3,(H,40,41)/b10-8+/t34-/m0/s1. The lowest BCUT2D eigenvalue weighted by Crippen LogP contribution is -2.29. The summed E-state index contributed by atoms with van der Waals surface area (Å²) < 4.78 is 32.6. The molecule has 3 N–H and O–H groups in total. The van der Waals surface area contributed by atoms with Gasteiger partial charge in [0.2, 0.25) is 0 Å². The number of carbonyl (C=O) groups is 2. The molecule has 0 aliphatic carbocycles. The molecule has 0 aliphatic heterocycles. The molecule has 9 nitrogen and oxygen atoms in total. The van der Waals surface area contributed by atoms with Crippen LogP contribution < -0.4 is 5.73 Å². The zero-order valence-corrected chi connectivity index (χ0v) is 30.5. The minimum absolute atomic E-state index is 0.0544. The van der Waals surface area contributed by atoms with Gasteiger partial charge in [0.25, 0.3) is 0 Å². The fourth-order valence-corrected chi connectivity index (χ4v) is 5.87. The Hall–Kier alpha value is -1.25. The first-order chi connectivity index (χ1) is 22.3. The number of hydrogen-bond donors (Lipinski definition) is 2. The van der Waals surface area contributed by atoms with Crippen molar-refractivity contribution in [1.82, 2.24) is 0 Å². The number of unbranched alkanes of at least 4 members (excludes halogenated alkanes) is 20. The number of esters is 2. The molecule has 272 valence electrons. The molecule has 0 heterocycles. The van der Waals surface area contributed by atoms with Crippen LogP contribution in [0.15, 0.2) is 12.2 Å². The molecule has 46 heavy (non-hydrogen) atoms. The second kappa shape index (κ2) is 33.6. The maximum Gasteiger partial charge on any atom is 0.472 e. The summed E-state index contributed by atoms with van der Waals surface area (Å²) in [7, 11) is -4.36. The quantitative estimate of drug-likeness (QED) is 0.0291. The van der Waals surface area contributed by atoms with Crippen LogP contribution in [0.1, 0.15) is 174 Å². The highest BCUT2D eigenvalue weighted by Gasteiger charge is 2.25. The average Bonchev–Trinajstić information content (AvgIpc) is 3.04. The molecule has 0 aromatic carbocycles. The first kappa shape index (κ1) is 44.8. The van der Waals surface area contributed by atoms with E-state index < -0.39 is 26.5 Å². The van der Waals surface area contributed by atoms with E-state index >= 15 is 0 Å². The van der Waals surface area contributed by atoms with Crippen LogP contribution in [-0.4, -0.2) is 49.3 Å². The second-order valence-electron chi connectivity index (χ2n) is 12.4. The summed E-state index contributed by atoms with van der Waals surface area (Å²) in [6.07, 6.45) is 31.0. The molecule has 10 heteroatoms. The summed E-state index contributed by atoms with van der Waals surface area (Å²) >= 11 is 0. The molecule has 0 amide bonds. The van der Waals surface area contributed by atoms with Gasteiger partial charge in [-0.05, 0) is 32.1 Å². The lowest BCUT2D eigenvalue weighted by molar-refractivity contribution is -0.161. The van der Waals surface area contributed by atoms with Crippen LogP contribution >= 0.6 is 7.82 Å². The minimum atomic E-state index is -4.36. The summed E-state index contributed by atoms with van der Waals surface area (Å²) in [6, 6.07) is 0. The van der Waals surface area contributed by atoms with E-state index in [1.54, 1.807) is 0 Å². The Balaban J connectivity index is 4.18. The zero-order chi connectivity index (χ0) is 34.0. The van der Waals surface area contributed by atoms with Gasteiger partial charge in [-0.3, -0.25) is 18.6 Å². The Morgan fingerprint density at radius 2 is 1.11 bits per heavy atom. The van der Waals surface area contributed by atoms with Gasteiger partial charge in [0.1, 0.15) is 6.61 Å². The molecule has 0 aliphatic rings. The Bertz CT molecular complexity index is 779. The van der Waals surface area contributed by atoms with Crippen molar-refractivity contribution >= 4 is 19.8 Å². The van der Waals surface area contributed by atoms with Crippen LogP contribution in [-0.2, 0) is 32.7 Å². The number of hydrogen-bond acceptors (Lipinski definition) is 8. The normalized spacial score (nSPS) is 13.6. The number of rotatable bonds is 35. The van der Waals surface area contributed by atoms with E-state index in [1.165, 1.54) is 83.5 Å². The molecule has 0 saturated heterocycles. The third kappa shape index (κ3) is 32.7. The lowest BCUT2D eigenvalue weighted by atomic mass is 10.0. The number of carbonyl (C=O) groups excluding carboxylic acids is 2. The molecule has 0 saturated carbocycles. The van der Waals surface area contributed by atoms with Gasteiger partial charge in [-0.25, -0.2) is 4.57 Å². The summed E-state index contributed by atoms with van der Waals surface area (Å²) in [5.74, 6) is -0.836. The SMILES string of the molecule is CCC/C=C/CCCCCCCC(=O)O[C@@H](COC(=O)CCCCCCCCCCCCCCCCC)COP(=O)(O)OCCN. The van der Waals surface area contributed by atoms with Crippen LogP contribution in [0.25, 0.3) is 0 Å². The van der Waals surface area contributed by atoms with Gasteiger partial charge >= 0.3 is 19.8 Å². The molecule has 0 spiro atoms. The highest BCUT2D eigenvalue weighted by molar-refractivity contribution is 7.47. The Morgan fingerprint density at radius 1 is 0.630 bits per heavy atom. The molecule has 0 radical (unpaired) electrons. The van der Waals surface area contributed by atoms with Gasteiger partial charge in [-0.1, -0.05) is 142 Å². The fraction of sp³-hybridized carbons (Fsp3) is 0.889. The molecule has 0 bridgehead atoms. The smallest absolute Gasteiger partial charge is 0.462 e. The third-order valence-corrected chi connectivity index (χ3v) is 8.87. The van der Waals surface area contributed by atoms with Crippen LogP contribution in [0.4, 0.5) is 0 Å². The van der Waals surface area contributed by atoms with E-state index in [0.717, 1.165) is 57.8 Å². The van der Waals surface area contributed by atoms with Gasteiger partial charge < -0.3 is 20.1 Å². The van der Waals surface area contributed by atoms with Crippen molar-refractivity contribution in [1.29, 1.82) is 0 Å². The highest BCUT2D eigenvalue weighted by atomic mass is 31.2. The van der Waals surface area contributed by atoms with Crippen molar-refractivity contribution in [3.8, 4) is 0 Å². The molecule has 2 atom stereocenters. The third-order valence-electron chi connectivity index (χ3n) is 7.88. The van der Waals surface area contributed by atoms with Crippen molar-refractivity contribution in [3.63, 3.8) is 0 Å². The predicted molar refractivity (Wildman–Crippen MR) is 188 cm³/mol. The van der Waals surface area contributed by atoms with Crippen LogP contribution in [0.2, 0.25) is 0 Å². The first-order valence-electron chi connectivity index (χ1n) is 18.7. The number of ether oxygens (including phenoxy) is 2. The monoisotopic (exact) mass is 675 g/mol. The Morgan fingerprint density at radius 3 is 1.63 bits per heavy atom. The maximum absolute atomic E-state index is 12.5. The summed E-state index contributed by atoms with van der Waals surface area (Å²) in [5.41, 5.74) is 5.32. The van der Waals surface area contributed by atoms with Crippen LogP contribution in [0.3, 0.4) is 0 Å². The molecule has 0 rings (SSSR count). The second-order valence-corrected chi connectivity index (χ2v) is 13.9. The van der Waals surface area contributed by atoms with Crippen LogP contribution in [0.5, 0.6) is 0 Å². The van der Waals surface area contributed by atoms with Gasteiger partial charge in [-0.2, -0.15) is 0 Å². The van der Waals surface area contributed by atoms with Gasteiger partial charge in [-0.15, -0.1) is 0 Å². The van der Waals surface area contributed by atoms with E-state index in [-0.39, 0.29) is 38.6 Å². The summed E-state index contributed by atoms with van der Waals surface area (Å²) in [4.78, 5) is 34.6. The Kier molecular flexibility index (Phi) is 32.7. The van der Waals surface area contributed by atoms with Gasteiger partial charge in [0.15, 0.2) is 6.10 Å². The zero-order valence-electron chi connectivity index (χ0n) is 29.6. The topological polar surface area (TPSA) is 134 Å². The number of phosphoric acid groups is 1. The van der Waals surface area contributed by atoms with Gasteiger partial charge in [0, 0.05) is 19.4 Å². The average molecular weight is 676 g/mol. The number of nitrogens with two attached hydrogens (primary N) is 1. The fourth-order valence-electron chi connectivity index (χ4n) is 5.11. The number of allylic oxidation sites excluding steroid dienone is 2. The van der Waals surface area contributed by atoms with E-state index in [0.29, 0.717) is 6.42 Å². The molecule has 0 aromatic heterocycles. The minimum Gasteiger partial charge on any atom is -0.462 e. The molecular weight excluding hydrogens is 605 g/mol. The molecular formula is C36H70NO8P. The molecule has 0 aromatic rings. The van der Waals surface area contributed by atoms with Crippen molar-refractivity contribution in [2.45, 2.75) is 180 Å². The van der Waals surface area contributed by atoms with E-state index in [1.807, 2.05) is 0 Å². The first-order valence-corrected chi connectivity index (χ1v) is 20.2. The molecule has 0 fully saturated rings. The predicted octanol–water partition coefficient (Wildman–Crippen LogP) is 9.88. The van der Waals surface area contributed by atoms with Crippen molar-refractivity contribution in [2.75, 3.05) is 26.4 Å². The van der Waals surface area contributed by atoms with E-state index in [2.05, 4.69) is 26.0 Å². The van der Waals surface area contributed by atoms with Crippen molar-refractivity contribution in [3.05, 3.63) is 12.2 Å². The maximum atomic E-state index is 12.5. The van der Waals surface area contributed by atoms with E-state index in [9.17, 15) is 19.0 Å². The summed E-state index contributed by atoms with van der Waals surface area (Å²) in [5, 5.41) is 0. The number of phosphoric ester groups is 1. The summed E-state index contributed by atoms with van der Waals surface area (Å²) in [6.45, 7) is 3.66.